The number of aliphatic hydroxyl groups excluding tert-OH is 1. The van der Waals surface area contributed by atoms with Gasteiger partial charge in [-0.15, -0.1) is 0 Å². The number of hydrogen-bond acceptors (Lipinski definition) is 1. The fourth-order valence-corrected chi connectivity index (χ4v) is 2.75. The first kappa shape index (κ1) is 12.2. The monoisotopic (exact) mass is 250 g/mol. The smallest absolute Gasteiger partial charge is 0.0644 e. The molecule has 1 aliphatic carbocycles. The highest BCUT2D eigenvalue weighted by molar-refractivity contribution is 5.78. The summed E-state index contributed by atoms with van der Waals surface area (Å²) in [4.78, 5) is 0. The molecule has 2 aromatic rings. The van der Waals surface area contributed by atoms with Crippen molar-refractivity contribution in [2.75, 3.05) is 6.61 Å². The Kier molecular flexibility index (Phi) is 3.22. The average Bonchev–Trinajstić information content (AvgIpc) is 2.82. The number of rotatable bonds is 3. The van der Waals surface area contributed by atoms with E-state index in [-0.39, 0.29) is 6.61 Å². The van der Waals surface area contributed by atoms with E-state index in [0.717, 1.165) is 18.4 Å². The van der Waals surface area contributed by atoms with Crippen molar-refractivity contribution in [1.82, 2.24) is 0 Å². The van der Waals surface area contributed by atoms with Crippen LogP contribution in [0.5, 0.6) is 0 Å². The molecule has 3 rings (SSSR count). The van der Waals surface area contributed by atoms with Crippen molar-refractivity contribution in [3.05, 3.63) is 64.7 Å². The molecule has 2 aromatic carbocycles. The molecule has 1 nitrogen and oxygen atoms in total. The molecule has 96 valence electrons. The molecule has 0 aliphatic heterocycles. The van der Waals surface area contributed by atoms with E-state index in [1.165, 1.54) is 27.8 Å². The van der Waals surface area contributed by atoms with Gasteiger partial charge >= 0.3 is 0 Å². The fraction of sp³-hybridized carbons (Fsp3) is 0.222. The van der Waals surface area contributed by atoms with E-state index in [1.807, 2.05) is 0 Å². The molecular weight excluding hydrogens is 232 g/mol. The molecule has 1 N–H and O–H groups in total. The summed E-state index contributed by atoms with van der Waals surface area (Å²) in [7, 11) is 0. The third-order valence-electron chi connectivity index (χ3n) is 3.85. The van der Waals surface area contributed by atoms with Crippen molar-refractivity contribution >= 4 is 6.08 Å². The van der Waals surface area contributed by atoms with Crippen molar-refractivity contribution < 1.29 is 5.11 Å². The lowest BCUT2D eigenvalue weighted by Crippen LogP contribution is -1.89. The predicted octanol–water partition coefficient (Wildman–Crippen LogP) is 4.04. The van der Waals surface area contributed by atoms with Gasteiger partial charge in [0, 0.05) is 0 Å². The molecule has 0 saturated heterocycles. The van der Waals surface area contributed by atoms with Gasteiger partial charge in [-0.2, -0.15) is 0 Å². The van der Waals surface area contributed by atoms with Gasteiger partial charge in [0.1, 0.15) is 0 Å². The highest BCUT2D eigenvalue weighted by Crippen LogP contribution is 2.36. The van der Waals surface area contributed by atoms with Gasteiger partial charge in [-0.05, 0) is 46.2 Å². The van der Waals surface area contributed by atoms with Gasteiger partial charge in [-0.25, -0.2) is 0 Å². The van der Waals surface area contributed by atoms with E-state index < -0.39 is 0 Å². The highest BCUT2D eigenvalue weighted by atomic mass is 16.3. The Morgan fingerprint density at radius 2 is 1.89 bits per heavy atom. The molecule has 0 bridgehead atoms. The molecule has 0 unspecified atom stereocenters. The normalized spacial score (nSPS) is 13.3. The minimum atomic E-state index is 0.147. The van der Waals surface area contributed by atoms with Gasteiger partial charge in [0.25, 0.3) is 0 Å². The first-order valence-corrected chi connectivity index (χ1v) is 6.83. The zero-order valence-corrected chi connectivity index (χ0v) is 11.2. The summed E-state index contributed by atoms with van der Waals surface area (Å²) in [6, 6.07) is 15.2. The lowest BCUT2D eigenvalue weighted by molar-refractivity contribution is 0.329. The van der Waals surface area contributed by atoms with E-state index in [0.29, 0.717) is 0 Å². The molecule has 0 amide bonds. The van der Waals surface area contributed by atoms with Crippen molar-refractivity contribution in [3.8, 4) is 11.1 Å². The largest absolute Gasteiger partial charge is 0.392 e. The SMILES string of the molecule is CCC(=Cc1ccc2c(c1)Cc1ccccc1-2)CO. The Morgan fingerprint density at radius 1 is 1.11 bits per heavy atom. The third-order valence-corrected chi connectivity index (χ3v) is 3.85. The molecule has 0 aromatic heterocycles. The van der Waals surface area contributed by atoms with Crippen LogP contribution in [0.25, 0.3) is 17.2 Å². The average molecular weight is 250 g/mol. The molecule has 1 aliphatic rings. The van der Waals surface area contributed by atoms with Crippen LogP contribution in [-0.2, 0) is 6.42 Å². The Hall–Kier alpha value is -1.86. The maximum atomic E-state index is 9.25. The van der Waals surface area contributed by atoms with Crippen LogP contribution in [0.15, 0.2) is 48.0 Å². The predicted molar refractivity (Wildman–Crippen MR) is 80.0 cm³/mol. The van der Waals surface area contributed by atoms with Crippen LogP contribution in [0.4, 0.5) is 0 Å². The van der Waals surface area contributed by atoms with E-state index in [4.69, 9.17) is 0 Å². The number of hydrogen-bond donors (Lipinski definition) is 1. The van der Waals surface area contributed by atoms with Gasteiger partial charge in [0.05, 0.1) is 6.61 Å². The topological polar surface area (TPSA) is 20.2 Å². The Balaban J connectivity index is 2.00. The van der Waals surface area contributed by atoms with Gasteiger partial charge in [0.2, 0.25) is 0 Å². The van der Waals surface area contributed by atoms with E-state index in [1.54, 1.807) is 0 Å². The number of benzene rings is 2. The second-order valence-electron chi connectivity index (χ2n) is 5.06. The molecule has 0 heterocycles. The van der Waals surface area contributed by atoms with Gasteiger partial charge in [0.15, 0.2) is 0 Å². The summed E-state index contributed by atoms with van der Waals surface area (Å²) < 4.78 is 0. The molecule has 0 radical (unpaired) electrons. The summed E-state index contributed by atoms with van der Waals surface area (Å²) >= 11 is 0. The van der Waals surface area contributed by atoms with Crippen LogP contribution in [0.1, 0.15) is 30.0 Å². The van der Waals surface area contributed by atoms with Gasteiger partial charge < -0.3 is 5.11 Å². The molecule has 0 spiro atoms. The van der Waals surface area contributed by atoms with Crippen molar-refractivity contribution in [2.24, 2.45) is 0 Å². The summed E-state index contributed by atoms with van der Waals surface area (Å²) in [5, 5.41) is 9.25. The van der Waals surface area contributed by atoms with E-state index in [2.05, 4.69) is 55.5 Å². The molecule has 1 heteroatoms. The molecular formula is C18H18O. The summed E-state index contributed by atoms with van der Waals surface area (Å²) in [5.41, 5.74) is 7.80. The Labute approximate surface area is 114 Å². The van der Waals surface area contributed by atoms with Crippen molar-refractivity contribution in [2.45, 2.75) is 19.8 Å². The standard InChI is InChI=1S/C18H18O/c1-2-13(12-19)9-14-7-8-18-16(10-14)11-15-5-3-4-6-17(15)18/h3-10,19H,2,11-12H2,1H3. The maximum Gasteiger partial charge on any atom is 0.0644 e. The molecule has 0 saturated carbocycles. The van der Waals surface area contributed by atoms with Gasteiger partial charge in [-0.1, -0.05) is 55.5 Å². The van der Waals surface area contributed by atoms with Crippen LogP contribution in [0.3, 0.4) is 0 Å². The maximum absolute atomic E-state index is 9.25. The lowest BCUT2D eigenvalue weighted by Gasteiger charge is -2.04. The van der Waals surface area contributed by atoms with E-state index >= 15 is 0 Å². The molecule has 0 fully saturated rings. The fourth-order valence-electron chi connectivity index (χ4n) is 2.75. The van der Waals surface area contributed by atoms with Crippen LogP contribution < -0.4 is 0 Å². The Morgan fingerprint density at radius 3 is 2.68 bits per heavy atom. The third kappa shape index (κ3) is 2.22. The number of aliphatic hydroxyl groups is 1. The summed E-state index contributed by atoms with van der Waals surface area (Å²) in [6.07, 6.45) is 4.02. The van der Waals surface area contributed by atoms with Crippen LogP contribution >= 0.6 is 0 Å². The second-order valence-corrected chi connectivity index (χ2v) is 5.06. The van der Waals surface area contributed by atoms with Crippen LogP contribution in [-0.4, -0.2) is 11.7 Å². The zero-order valence-electron chi connectivity index (χ0n) is 11.2. The zero-order chi connectivity index (χ0) is 13.2. The van der Waals surface area contributed by atoms with E-state index in [9.17, 15) is 5.11 Å². The van der Waals surface area contributed by atoms with Crippen LogP contribution in [0.2, 0.25) is 0 Å². The van der Waals surface area contributed by atoms with Crippen LogP contribution in [0, 0.1) is 0 Å². The second kappa shape index (κ2) is 5.02. The van der Waals surface area contributed by atoms with Gasteiger partial charge in [-0.3, -0.25) is 0 Å². The molecule has 19 heavy (non-hydrogen) atoms. The Bertz CT molecular complexity index is 632. The minimum Gasteiger partial charge on any atom is -0.392 e. The highest BCUT2D eigenvalue weighted by Gasteiger charge is 2.17. The van der Waals surface area contributed by atoms with Crippen molar-refractivity contribution in [3.63, 3.8) is 0 Å². The van der Waals surface area contributed by atoms with Crippen molar-refractivity contribution in [1.29, 1.82) is 0 Å². The minimum absolute atomic E-state index is 0.147. The first-order valence-electron chi connectivity index (χ1n) is 6.83. The summed E-state index contributed by atoms with van der Waals surface area (Å²) in [5.74, 6) is 0. The number of fused-ring (bicyclic) bond motifs is 3. The quantitative estimate of drug-likeness (QED) is 0.743. The first-order chi connectivity index (χ1) is 9.31. The molecule has 0 atom stereocenters. The summed E-state index contributed by atoms with van der Waals surface area (Å²) in [6.45, 7) is 2.22. The lowest BCUT2D eigenvalue weighted by atomic mass is 10.0.